The fourth-order valence-electron chi connectivity index (χ4n) is 1.48. The summed E-state index contributed by atoms with van der Waals surface area (Å²) in [6.07, 6.45) is 0.945. The first-order valence-electron chi connectivity index (χ1n) is 5.98. The van der Waals surface area contributed by atoms with Crippen LogP contribution in [0, 0.1) is 5.41 Å². The molecule has 0 aliphatic rings. The minimum absolute atomic E-state index is 0.111. The molecule has 1 rings (SSSR count). The lowest BCUT2D eigenvalue weighted by molar-refractivity contribution is -0.122. The van der Waals surface area contributed by atoms with Crippen LogP contribution in [0.4, 0.5) is 0 Å². The van der Waals surface area contributed by atoms with Crippen molar-refractivity contribution in [3.05, 3.63) is 35.9 Å². The van der Waals surface area contributed by atoms with Crippen molar-refractivity contribution in [2.24, 2.45) is 11.1 Å². The predicted molar refractivity (Wildman–Crippen MR) is 70.5 cm³/mol. The van der Waals surface area contributed by atoms with E-state index in [4.69, 9.17) is 5.73 Å². The van der Waals surface area contributed by atoms with Crippen molar-refractivity contribution in [1.29, 1.82) is 0 Å². The summed E-state index contributed by atoms with van der Waals surface area (Å²) in [6.45, 7) is 7.12. The van der Waals surface area contributed by atoms with Crippen molar-refractivity contribution in [3.8, 4) is 0 Å². The van der Waals surface area contributed by atoms with Crippen LogP contribution in [0.25, 0.3) is 0 Å². The molecule has 0 bridgehead atoms. The minimum Gasteiger partial charge on any atom is -0.354 e. The average molecular weight is 234 g/mol. The van der Waals surface area contributed by atoms with E-state index < -0.39 is 6.04 Å². The fraction of sp³-hybridized carbons (Fsp3) is 0.500. The zero-order valence-corrected chi connectivity index (χ0v) is 10.9. The van der Waals surface area contributed by atoms with Crippen molar-refractivity contribution < 1.29 is 4.79 Å². The number of rotatable bonds is 4. The van der Waals surface area contributed by atoms with E-state index in [1.54, 1.807) is 0 Å². The first-order chi connectivity index (χ1) is 7.90. The molecule has 0 saturated carbocycles. The molecule has 0 unspecified atom stereocenters. The van der Waals surface area contributed by atoms with Crippen LogP contribution >= 0.6 is 0 Å². The van der Waals surface area contributed by atoms with Crippen molar-refractivity contribution in [1.82, 2.24) is 5.32 Å². The maximum absolute atomic E-state index is 11.8. The molecule has 0 aliphatic carbocycles. The standard InChI is InChI=1S/C14H22N2O/c1-14(2,3)9-10-16-13(17)12(15)11-7-5-4-6-8-11/h4-8,12H,9-10,15H2,1-3H3,(H,16,17)/t12-/m0/s1. The molecule has 17 heavy (non-hydrogen) atoms. The first kappa shape index (κ1) is 13.7. The highest BCUT2D eigenvalue weighted by molar-refractivity contribution is 5.82. The van der Waals surface area contributed by atoms with E-state index in [-0.39, 0.29) is 11.3 Å². The second-order valence-electron chi connectivity index (χ2n) is 5.49. The van der Waals surface area contributed by atoms with Crippen LogP contribution in [0.15, 0.2) is 30.3 Å². The molecule has 3 N–H and O–H groups in total. The Balaban J connectivity index is 2.43. The molecule has 0 aliphatic heterocycles. The predicted octanol–water partition coefficient (Wildman–Crippen LogP) is 2.24. The third-order valence-electron chi connectivity index (χ3n) is 2.62. The third-order valence-corrected chi connectivity index (χ3v) is 2.62. The summed E-state index contributed by atoms with van der Waals surface area (Å²) < 4.78 is 0. The van der Waals surface area contributed by atoms with Gasteiger partial charge in [0.25, 0.3) is 0 Å². The Morgan fingerprint density at radius 2 is 1.88 bits per heavy atom. The van der Waals surface area contributed by atoms with Crippen molar-refractivity contribution >= 4 is 5.91 Å². The van der Waals surface area contributed by atoms with Crippen LogP contribution in [0.5, 0.6) is 0 Å². The Hall–Kier alpha value is -1.35. The SMILES string of the molecule is CC(C)(C)CCNC(=O)[C@@H](N)c1ccccc1. The van der Waals surface area contributed by atoms with E-state index in [2.05, 4.69) is 26.1 Å². The van der Waals surface area contributed by atoms with Crippen molar-refractivity contribution in [2.45, 2.75) is 33.2 Å². The summed E-state index contributed by atoms with van der Waals surface area (Å²) in [7, 11) is 0. The maximum Gasteiger partial charge on any atom is 0.241 e. The quantitative estimate of drug-likeness (QED) is 0.839. The molecule has 1 aromatic carbocycles. The van der Waals surface area contributed by atoms with Gasteiger partial charge in [-0.1, -0.05) is 51.1 Å². The molecule has 0 aromatic heterocycles. The van der Waals surface area contributed by atoms with Gasteiger partial charge in [-0.15, -0.1) is 0 Å². The van der Waals surface area contributed by atoms with E-state index in [9.17, 15) is 4.79 Å². The normalized spacial score (nSPS) is 13.2. The number of hydrogen-bond acceptors (Lipinski definition) is 2. The number of nitrogens with one attached hydrogen (secondary N) is 1. The number of hydrogen-bond donors (Lipinski definition) is 2. The fourth-order valence-corrected chi connectivity index (χ4v) is 1.48. The summed E-state index contributed by atoms with van der Waals surface area (Å²) in [6, 6.07) is 8.85. The number of amides is 1. The molecular formula is C14H22N2O. The van der Waals surface area contributed by atoms with Gasteiger partial charge in [0, 0.05) is 6.54 Å². The molecule has 0 heterocycles. The number of carbonyl (C=O) groups excluding carboxylic acids is 1. The molecule has 1 atom stereocenters. The summed E-state index contributed by atoms with van der Waals surface area (Å²) in [5, 5.41) is 2.87. The van der Waals surface area contributed by atoms with Crippen LogP contribution in [-0.2, 0) is 4.79 Å². The van der Waals surface area contributed by atoms with E-state index in [0.717, 1.165) is 12.0 Å². The van der Waals surface area contributed by atoms with Crippen LogP contribution in [-0.4, -0.2) is 12.5 Å². The smallest absolute Gasteiger partial charge is 0.241 e. The summed E-state index contributed by atoms with van der Waals surface area (Å²) >= 11 is 0. The van der Waals surface area contributed by atoms with E-state index >= 15 is 0 Å². The average Bonchev–Trinajstić information content (AvgIpc) is 2.27. The Morgan fingerprint density at radius 3 is 2.41 bits per heavy atom. The molecule has 0 fully saturated rings. The Kier molecular flexibility index (Phi) is 4.70. The van der Waals surface area contributed by atoms with Crippen molar-refractivity contribution in [3.63, 3.8) is 0 Å². The molecule has 1 amide bonds. The molecule has 0 saturated heterocycles. The highest BCUT2D eigenvalue weighted by Crippen LogP contribution is 2.17. The lowest BCUT2D eigenvalue weighted by Crippen LogP contribution is -2.35. The topological polar surface area (TPSA) is 55.1 Å². The first-order valence-corrected chi connectivity index (χ1v) is 5.98. The van der Waals surface area contributed by atoms with Crippen LogP contribution < -0.4 is 11.1 Å². The van der Waals surface area contributed by atoms with Gasteiger partial charge in [0.15, 0.2) is 0 Å². The van der Waals surface area contributed by atoms with E-state index in [0.29, 0.717) is 6.54 Å². The Labute approximate surface area is 103 Å². The summed E-state index contributed by atoms with van der Waals surface area (Å²) in [5.41, 5.74) is 6.95. The van der Waals surface area contributed by atoms with Gasteiger partial charge in [-0.05, 0) is 17.4 Å². The number of benzene rings is 1. The highest BCUT2D eigenvalue weighted by Gasteiger charge is 2.16. The molecule has 3 nitrogen and oxygen atoms in total. The van der Waals surface area contributed by atoms with Gasteiger partial charge in [0.2, 0.25) is 5.91 Å². The lowest BCUT2D eigenvalue weighted by Gasteiger charge is -2.19. The second-order valence-corrected chi connectivity index (χ2v) is 5.49. The van der Waals surface area contributed by atoms with Crippen LogP contribution in [0.2, 0.25) is 0 Å². The molecule has 1 aromatic rings. The Morgan fingerprint density at radius 1 is 1.29 bits per heavy atom. The zero-order valence-electron chi connectivity index (χ0n) is 10.9. The third kappa shape index (κ3) is 5.00. The summed E-state index contributed by atoms with van der Waals surface area (Å²) in [4.78, 5) is 11.8. The van der Waals surface area contributed by atoms with Gasteiger partial charge in [-0.3, -0.25) is 4.79 Å². The Bertz CT molecular complexity index is 354. The van der Waals surface area contributed by atoms with Gasteiger partial charge >= 0.3 is 0 Å². The van der Waals surface area contributed by atoms with Gasteiger partial charge in [-0.2, -0.15) is 0 Å². The van der Waals surface area contributed by atoms with Gasteiger partial charge in [-0.25, -0.2) is 0 Å². The van der Waals surface area contributed by atoms with Gasteiger partial charge in [0.1, 0.15) is 6.04 Å². The van der Waals surface area contributed by atoms with E-state index in [1.165, 1.54) is 0 Å². The zero-order chi connectivity index (χ0) is 12.9. The number of nitrogens with two attached hydrogens (primary N) is 1. The summed E-state index contributed by atoms with van der Waals surface area (Å²) in [5.74, 6) is -0.111. The van der Waals surface area contributed by atoms with Crippen molar-refractivity contribution in [2.75, 3.05) is 6.54 Å². The van der Waals surface area contributed by atoms with Crippen LogP contribution in [0.3, 0.4) is 0 Å². The minimum atomic E-state index is -0.573. The second kappa shape index (κ2) is 5.82. The molecule has 94 valence electrons. The van der Waals surface area contributed by atoms with Gasteiger partial charge < -0.3 is 11.1 Å². The van der Waals surface area contributed by atoms with E-state index in [1.807, 2.05) is 30.3 Å². The van der Waals surface area contributed by atoms with Crippen LogP contribution in [0.1, 0.15) is 38.8 Å². The lowest BCUT2D eigenvalue weighted by atomic mass is 9.92. The maximum atomic E-state index is 11.8. The molecule has 0 radical (unpaired) electrons. The molecule has 3 heteroatoms. The number of carbonyl (C=O) groups is 1. The van der Waals surface area contributed by atoms with Gasteiger partial charge in [0.05, 0.1) is 0 Å². The molecule has 0 spiro atoms. The molecular weight excluding hydrogens is 212 g/mol. The highest BCUT2D eigenvalue weighted by atomic mass is 16.2. The largest absolute Gasteiger partial charge is 0.354 e. The monoisotopic (exact) mass is 234 g/mol.